The van der Waals surface area contributed by atoms with Gasteiger partial charge in [0.15, 0.2) is 5.65 Å². The van der Waals surface area contributed by atoms with E-state index in [-0.39, 0.29) is 0 Å². The molecule has 0 spiro atoms. The largest absolute Gasteiger partial charge is 0.377 e. The number of fused-ring (bicyclic) bond motifs is 1. The summed E-state index contributed by atoms with van der Waals surface area (Å²) in [5.74, 6) is 0.961. The first-order valence-electron chi connectivity index (χ1n) is 7.52. The molecule has 0 N–H and O–H groups in total. The molecule has 1 unspecified atom stereocenters. The van der Waals surface area contributed by atoms with Crippen LogP contribution >= 0.6 is 22.6 Å². The molecule has 7 nitrogen and oxygen atoms in total. The second kappa shape index (κ2) is 5.75. The summed E-state index contributed by atoms with van der Waals surface area (Å²) < 4.78 is 10.3. The molecule has 0 bridgehead atoms. The van der Waals surface area contributed by atoms with Gasteiger partial charge in [0.2, 0.25) is 0 Å². The van der Waals surface area contributed by atoms with Gasteiger partial charge in [0.05, 0.1) is 40.4 Å². The predicted molar refractivity (Wildman–Crippen MR) is 95.5 cm³/mol. The normalized spacial score (nSPS) is 18.7. The quantitative estimate of drug-likeness (QED) is 0.589. The van der Waals surface area contributed by atoms with Crippen LogP contribution in [-0.2, 0) is 11.8 Å². The zero-order valence-electron chi connectivity index (χ0n) is 13.0. The Hall–Kier alpha value is -1.68. The summed E-state index contributed by atoms with van der Waals surface area (Å²) in [7, 11) is 1.94. The van der Waals surface area contributed by atoms with E-state index in [1.165, 1.54) is 0 Å². The molecule has 0 amide bonds. The number of anilines is 1. The number of nitrogens with zero attached hydrogens (tertiary/aromatic N) is 6. The van der Waals surface area contributed by atoms with Crippen LogP contribution in [0.2, 0.25) is 0 Å². The summed E-state index contributed by atoms with van der Waals surface area (Å²) in [6.45, 7) is 4.47. The fourth-order valence-corrected chi connectivity index (χ4v) is 3.42. The third-order valence-corrected chi connectivity index (χ3v) is 4.92. The molecule has 23 heavy (non-hydrogen) atoms. The van der Waals surface area contributed by atoms with Gasteiger partial charge in [-0.15, -0.1) is 0 Å². The molecule has 0 aliphatic carbocycles. The van der Waals surface area contributed by atoms with Crippen LogP contribution in [0, 0.1) is 3.57 Å². The predicted octanol–water partition coefficient (Wildman–Crippen LogP) is 1.96. The van der Waals surface area contributed by atoms with E-state index in [1.807, 2.05) is 28.5 Å². The second-order valence-electron chi connectivity index (χ2n) is 5.68. The number of ether oxygens (including phenoxy) is 1. The zero-order chi connectivity index (χ0) is 16.0. The molecule has 120 valence electrons. The molecule has 1 fully saturated rings. The lowest BCUT2D eigenvalue weighted by molar-refractivity contribution is 0.0985. The van der Waals surface area contributed by atoms with Gasteiger partial charge in [0.25, 0.3) is 0 Å². The lowest BCUT2D eigenvalue weighted by Gasteiger charge is -2.34. The van der Waals surface area contributed by atoms with E-state index in [0.29, 0.717) is 6.04 Å². The van der Waals surface area contributed by atoms with Gasteiger partial charge < -0.3 is 9.64 Å². The molecule has 3 aromatic rings. The molecule has 1 aliphatic rings. The van der Waals surface area contributed by atoms with Crippen molar-refractivity contribution < 1.29 is 4.74 Å². The van der Waals surface area contributed by atoms with Crippen molar-refractivity contribution in [2.24, 2.45) is 7.05 Å². The minimum Gasteiger partial charge on any atom is -0.377 e. The van der Waals surface area contributed by atoms with E-state index < -0.39 is 0 Å². The average molecular weight is 424 g/mol. The lowest BCUT2D eigenvalue weighted by Crippen LogP contribution is -2.44. The lowest BCUT2D eigenvalue weighted by atomic mass is 10.2. The van der Waals surface area contributed by atoms with E-state index in [1.54, 1.807) is 6.20 Å². The third-order valence-electron chi connectivity index (χ3n) is 4.16. The van der Waals surface area contributed by atoms with Crippen LogP contribution in [0.15, 0.2) is 24.5 Å². The highest BCUT2D eigenvalue weighted by molar-refractivity contribution is 14.1. The van der Waals surface area contributed by atoms with Crippen LogP contribution in [0.3, 0.4) is 0 Å². The van der Waals surface area contributed by atoms with E-state index in [0.717, 1.165) is 46.2 Å². The van der Waals surface area contributed by atoms with E-state index in [4.69, 9.17) is 9.72 Å². The standard InChI is InChI=1S/C15H17IN6O/c1-10-9-23-6-5-21(10)14-7-13(12-3-4-17-20(12)2)22-15(19-14)11(16)8-18-22/h3-4,7-8,10H,5-6,9H2,1-2H3. The van der Waals surface area contributed by atoms with Crippen LogP contribution in [0.25, 0.3) is 17.0 Å². The Kier molecular flexibility index (Phi) is 3.72. The number of aromatic nitrogens is 5. The van der Waals surface area contributed by atoms with Gasteiger partial charge in [-0.3, -0.25) is 4.68 Å². The fourth-order valence-electron chi connectivity index (χ4n) is 2.95. The molecular formula is C15H17IN6O. The Bertz CT molecular complexity index is 857. The fraction of sp³-hybridized carbons (Fsp3) is 0.400. The van der Waals surface area contributed by atoms with Crippen LogP contribution in [0.1, 0.15) is 6.92 Å². The molecule has 0 radical (unpaired) electrons. The van der Waals surface area contributed by atoms with Crippen molar-refractivity contribution in [3.8, 4) is 11.4 Å². The van der Waals surface area contributed by atoms with E-state index >= 15 is 0 Å². The molecule has 4 heterocycles. The molecular weight excluding hydrogens is 407 g/mol. The molecule has 1 aliphatic heterocycles. The smallest absolute Gasteiger partial charge is 0.171 e. The zero-order valence-corrected chi connectivity index (χ0v) is 15.1. The molecule has 1 saturated heterocycles. The summed E-state index contributed by atoms with van der Waals surface area (Å²) in [5.41, 5.74) is 2.88. The third kappa shape index (κ3) is 2.49. The number of halogens is 1. The van der Waals surface area contributed by atoms with Crippen LogP contribution in [-0.4, -0.2) is 50.2 Å². The van der Waals surface area contributed by atoms with Crippen molar-refractivity contribution in [2.75, 3.05) is 24.7 Å². The van der Waals surface area contributed by atoms with Gasteiger partial charge in [-0.2, -0.15) is 10.2 Å². The Balaban J connectivity index is 1.93. The Morgan fingerprint density at radius 1 is 1.30 bits per heavy atom. The number of aryl methyl sites for hydroxylation is 1. The summed E-state index contributed by atoms with van der Waals surface area (Å²) in [6.07, 6.45) is 3.64. The van der Waals surface area contributed by atoms with Gasteiger partial charge >= 0.3 is 0 Å². The Morgan fingerprint density at radius 2 is 2.17 bits per heavy atom. The summed E-state index contributed by atoms with van der Waals surface area (Å²) >= 11 is 2.28. The first-order chi connectivity index (χ1) is 11.1. The van der Waals surface area contributed by atoms with Gasteiger partial charge in [-0.25, -0.2) is 9.50 Å². The first-order valence-corrected chi connectivity index (χ1v) is 8.60. The number of hydrogen-bond acceptors (Lipinski definition) is 5. The maximum absolute atomic E-state index is 5.55. The Labute approximate surface area is 147 Å². The number of morpholine rings is 1. The summed E-state index contributed by atoms with van der Waals surface area (Å²) in [4.78, 5) is 7.14. The minimum atomic E-state index is 0.304. The highest BCUT2D eigenvalue weighted by atomic mass is 127. The second-order valence-corrected chi connectivity index (χ2v) is 6.85. The topological polar surface area (TPSA) is 60.5 Å². The van der Waals surface area contributed by atoms with Crippen molar-refractivity contribution in [1.29, 1.82) is 0 Å². The van der Waals surface area contributed by atoms with Gasteiger partial charge in [-0.1, -0.05) is 0 Å². The van der Waals surface area contributed by atoms with Crippen molar-refractivity contribution in [1.82, 2.24) is 24.4 Å². The summed E-state index contributed by atoms with van der Waals surface area (Å²) in [6, 6.07) is 4.39. The SMILES string of the molecule is CC1COCCN1c1cc(-c2ccnn2C)n2ncc(I)c2n1. The molecule has 3 aromatic heterocycles. The van der Waals surface area contributed by atoms with Crippen LogP contribution in [0.4, 0.5) is 5.82 Å². The van der Waals surface area contributed by atoms with E-state index in [2.05, 4.69) is 50.7 Å². The van der Waals surface area contributed by atoms with Crippen molar-refractivity contribution in [3.63, 3.8) is 0 Å². The maximum atomic E-state index is 5.55. The van der Waals surface area contributed by atoms with Gasteiger partial charge in [0.1, 0.15) is 5.82 Å². The summed E-state index contributed by atoms with van der Waals surface area (Å²) in [5, 5.41) is 8.77. The molecule has 4 rings (SSSR count). The highest BCUT2D eigenvalue weighted by Crippen LogP contribution is 2.27. The van der Waals surface area contributed by atoms with Crippen molar-refractivity contribution >= 4 is 34.1 Å². The maximum Gasteiger partial charge on any atom is 0.171 e. The number of rotatable bonds is 2. The van der Waals surface area contributed by atoms with E-state index in [9.17, 15) is 0 Å². The molecule has 0 aromatic carbocycles. The van der Waals surface area contributed by atoms with Crippen molar-refractivity contribution in [2.45, 2.75) is 13.0 Å². The molecule has 1 atom stereocenters. The minimum absolute atomic E-state index is 0.304. The highest BCUT2D eigenvalue weighted by Gasteiger charge is 2.23. The monoisotopic (exact) mass is 424 g/mol. The van der Waals surface area contributed by atoms with Gasteiger partial charge in [0, 0.05) is 25.9 Å². The van der Waals surface area contributed by atoms with Gasteiger partial charge in [-0.05, 0) is 35.6 Å². The number of hydrogen-bond donors (Lipinski definition) is 0. The Morgan fingerprint density at radius 3 is 2.91 bits per heavy atom. The van der Waals surface area contributed by atoms with Crippen LogP contribution < -0.4 is 4.90 Å². The van der Waals surface area contributed by atoms with Crippen LogP contribution in [0.5, 0.6) is 0 Å². The average Bonchev–Trinajstić information content (AvgIpc) is 3.14. The van der Waals surface area contributed by atoms with Crippen molar-refractivity contribution in [3.05, 3.63) is 28.1 Å². The molecule has 8 heteroatoms. The first kappa shape index (κ1) is 14.9. The molecule has 0 saturated carbocycles.